The number of anilines is 2. The van der Waals surface area contributed by atoms with Crippen molar-refractivity contribution >= 4 is 47.4 Å². The highest BCUT2D eigenvalue weighted by Gasteiger charge is 2.09. The summed E-state index contributed by atoms with van der Waals surface area (Å²) in [6, 6.07) is 6.76. The van der Waals surface area contributed by atoms with Crippen molar-refractivity contribution < 1.29 is 14.7 Å². The lowest BCUT2D eigenvalue weighted by Crippen LogP contribution is -2.24. The third-order valence-electron chi connectivity index (χ3n) is 3.90. The van der Waals surface area contributed by atoms with Crippen LogP contribution >= 0.6 is 0 Å². The average molecular weight is 413 g/mol. The number of carbonyl (C=O) groups is 2. The van der Waals surface area contributed by atoms with Crippen molar-refractivity contribution in [2.45, 2.75) is 19.8 Å². The summed E-state index contributed by atoms with van der Waals surface area (Å²) in [6.07, 6.45) is 0.376. The molecule has 0 bridgehead atoms. The molecule has 1 heterocycles. The lowest BCUT2D eigenvalue weighted by molar-refractivity contribution is -0.137. The van der Waals surface area contributed by atoms with Crippen LogP contribution in [0.25, 0.3) is 0 Å². The predicted octanol–water partition coefficient (Wildman–Crippen LogP) is 1.48. The molecule has 0 aliphatic carbocycles. The van der Waals surface area contributed by atoms with E-state index in [4.69, 9.17) is 10.8 Å². The quantitative estimate of drug-likeness (QED) is 0.289. The highest BCUT2D eigenvalue weighted by atomic mass is 16.4. The zero-order valence-electron chi connectivity index (χ0n) is 16.4. The summed E-state index contributed by atoms with van der Waals surface area (Å²) in [5.41, 5.74) is 6.80. The number of carboxylic acid groups (broad SMARTS) is 1. The summed E-state index contributed by atoms with van der Waals surface area (Å²) >= 11 is 0. The van der Waals surface area contributed by atoms with Crippen LogP contribution in [0.4, 0.5) is 23.1 Å². The first-order valence-corrected chi connectivity index (χ1v) is 9.04. The Morgan fingerprint density at radius 2 is 2.00 bits per heavy atom. The van der Waals surface area contributed by atoms with Crippen LogP contribution in [0.1, 0.15) is 30.1 Å². The molecule has 0 radical (unpaired) electrons. The molecule has 0 aliphatic heterocycles. The Balaban J connectivity index is 1.94. The van der Waals surface area contributed by atoms with E-state index in [9.17, 15) is 14.4 Å². The summed E-state index contributed by atoms with van der Waals surface area (Å²) < 4.78 is 0. The molecule has 0 fully saturated rings. The SMILES string of the molecule is C=Nc1nc(N)[nH]c(=O)c1N=C(C)CNc1ccc(C(=O)NCCCC(=O)O)cc1. The third kappa shape index (κ3) is 6.55. The zero-order valence-corrected chi connectivity index (χ0v) is 16.4. The maximum Gasteiger partial charge on any atom is 0.303 e. The molecule has 0 unspecified atom stereocenters. The Bertz CT molecular complexity index is 1010. The Morgan fingerprint density at radius 1 is 1.30 bits per heavy atom. The van der Waals surface area contributed by atoms with Gasteiger partial charge in [0.1, 0.15) is 0 Å². The molecule has 11 nitrogen and oxygen atoms in total. The van der Waals surface area contributed by atoms with E-state index in [1.807, 2.05) is 0 Å². The van der Waals surface area contributed by atoms with Crippen LogP contribution in [0.5, 0.6) is 0 Å². The van der Waals surface area contributed by atoms with Gasteiger partial charge in [-0.15, -0.1) is 0 Å². The highest BCUT2D eigenvalue weighted by Crippen LogP contribution is 2.20. The largest absolute Gasteiger partial charge is 0.481 e. The summed E-state index contributed by atoms with van der Waals surface area (Å²) in [4.78, 5) is 48.6. The van der Waals surface area contributed by atoms with E-state index >= 15 is 0 Å². The number of carbonyl (C=O) groups excluding carboxylic acids is 1. The van der Waals surface area contributed by atoms with Crippen molar-refractivity contribution in [2.24, 2.45) is 9.98 Å². The van der Waals surface area contributed by atoms with Crippen molar-refractivity contribution in [3.63, 3.8) is 0 Å². The number of aromatic amines is 1. The van der Waals surface area contributed by atoms with Crippen molar-refractivity contribution in [1.82, 2.24) is 15.3 Å². The summed E-state index contributed by atoms with van der Waals surface area (Å²) in [6.45, 7) is 5.72. The number of rotatable bonds is 10. The number of aromatic nitrogens is 2. The first-order chi connectivity index (χ1) is 14.3. The first kappa shape index (κ1) is 22.3. The number of nitrogens with one attached hydrogen (secondary N) is 3. The molecule has 6 N–H and O–H groups in total. The Hall–Kier alpha value is -4.02. The number of nitrogens with two attached hydrogens (primary N) is 1. The van der Waals surface area contributed by atoms with Gasteiger partial charge in [-0.1, -0.05) is 0 Å². The zero-order chi connectivity index (χ0) is 22.1. The van der Waals surface area contributed by atoms with E-state index in [-0.39, 0.29) is 29.8 Å². The summed E-state index contributed by atoms with van der Waals surface area (Å²) in [7, 11) is 0. The Labute approximate surface area is 172 Å². The van der Waals surface area contributed by atoms with Crippen LogP contribution < -0.4 is 21.9 Å². The van der Waals surface area contributed by atoms with Gasteiger partial charge in [0.25, 0.3) is 11.5 Å². The maximum absolute atomic E-state index is 12.0. The second kappa shape index (κ2) is 10.5. The summed E-state index contributed by atoms with van der Waals surface area (Å²) in [5.74, 6) is -1.19. The van der Waals surface area contributed by atoms with E-state index in [0.717, 1.165) is 5.69 Å². The predicted molar refractivity (Wildman–Crippen MR) is 115 cm³/mol. The van der Waals surface area contributed by atoms with Gasteiger partial charge in [-0.25, -0.2) is 9.98 Å². The minimum atomic E-state index is -0.896. The molecule has 0 saturated carbocycles. The number of benzene rings is 1. The average Bonchev–Trinajstić information content (AvgIpc) is 2.71. The van der Waals surface area contributed by atoms with Gasteiger partial charge in [-0.2, -0.15) is 4.98 Å². The molecule has 11 heteroatoms. The van der Waals surface area contributed by atoms with E-state index in [1.165, 1.54) is 0 Å². The fourth-order valence-electron chi connectivity index (χ4n) is 2.43. The first-order valence-electron chi connectivity index (χ1n) is 9.04. The third-order valence-corrected chi connectivity index (χ3v) is 3.90. The van der Waals surface area contributed by atoms with Crippen LogP contribution in [-0.4, -0.2) is 52.5 Å². The lowest BCUT2D eigenvalue weighted by Gasteiger charge is -2.08. The van der Waals surface area contributed by atoms with E-state index in [2.05, 4.69) is 37.3 Å². The van der Waals surface area contributed by atoms with Crippen LogP contribution in [0, 0.1) is 0 Å². The summed E-state index contributed by atoms with van der Waals surface area (Å²) in [5, 5.41) is 14.4. The standard InChI is InChI=1S/C19H23N7O4/c1-11(24-15-16(21-2)25-19(20)26-18(15)30)10-23-13-7-5-12(6-8-13)17(29)22-9-3-4-14(27)28/h5-8,23H,2-4,9-10H2,1H3,(H,22,29)(H,27,28)(H3,20,25,26,30). The second-order valence-electron chi connectivity index (χ2n) is 6.31. The van der Waals surface area contributed by atoms with E-state index < -0.39 is 11.5 Å². The normalized spacial score (nSPS) is 11.0. The molecule has 0 spiro atoms. The van der Waals surface area contributed by atoms with Crippen LogP contribution in [0.2, 0.25) is 0 Å². The Kier molecular flexibility index (Phi) is 7.80. The van der Waals surface area contributed by atoms with E-state index in [1.54, 1.807) is 31.2 Å². The van der Waals surface area contributed by atoms with Crippen LogP contribution in [-0.2, 0) is 4.79 Å². The molecule has 1 aromatic carbocycles. The minimum absolute atomic E-state index is 0.00664. The van der Waals surface area contributed by atoms with Gasteiger partial charge in [0.2, 0.25) is 5.95 Å². The number of hydrogen-bond donors (Lipinski definition) is 5. The second-order valence-corrected chi connectivity index (χ2v) is 6.31. The van der Waals surface area contributed by atoms with Gasteiger partial charge in [-0.05, 0) is 44.3 Å². The number of H-pyrrole nitrogens is 1. The number of hydrogen-bond acceptors (Lipinski definition) is 8. The van der Waals surface area contributed by atoms with Crippen molar-refractivity contribution in [3.8, 4) is 0 Å². The van der Waals surface area contributed by atoms with Gasteiger partial charge in [0.15, 0.2) is 11.5 Å². The van der Waals surface area contributed by atoms with Crippen LogP contribution in [0.15, 0.2) is 39.0 Å². The number of carboxylic acids is 1. The lowest BCUT2D eigenvalue weighted by atomic mass is 10.2. The number of aliphatic carboxylic acids is 1. The van der Waals surface area contributed by atoms with Gasteiger partial charge >= 0.3 is 5.97 Å². The molecule has 2 aromatic rings. The number of nitrogen functional groups attached to an aromatic ring is 1. The monoisotopic (exact) mass is 413 g/mol. The fourth-order valence-corrected chi connectivity index (χ4v) is 2.43. The topological polar surface area (TPSA) is 175 Å². The number of aliphatic imine (C=N–C) groups is 2. The maximum atomic E-state index is 12.0. The molecule has 30 heavy (non-hydrogen) atoms. The highest BCUT2D eigenvalue weighted by molar-refractivity contribution is 5.94. The smallest absolute Gasteiger partial charge is 0.303 e. The molecule has 158 valence electrons. The molecular formula is C19H23N7O4. The number of amides is 1. The molecule has 1 amide bonds. The fraction of sp³-hybridized carbons (Fsp3) is 0.263. The molecule has 2 rings (SSSR count). The minimum Gasteiger partial charge on any atom is -0.481 e. The molecular weight excluding hydrogens is 390 g/mol. The van der Waals surface area contributed by atoms with Gasteiger partial charge in [0, 0.05) is 29.9 Å². The molecule has 0 atom stereocenters. The molecule has 0 aliphatic rings. The van der Waals surface area contributed by atoms with Crippen molar-refractivity contribution in [3.05, 3.63) is 40.2 Å². The Morgan fingerprint density at radius 3 is 2.63 bits per heavy atom. The van der Waals surface area contributed by atoms with Crippen LogP contribution in [0.3, 0.4) is 0 Å². The van der Waals surface area contributed by atoms with Crippen molar-refractivity contribution in [1.29, 1.82) is 0 Å². The van der Waals surface area contributed by atoms with Gasteiger partial charge in [-0.3, -0.25) is 19.4 Å². The van der Waals surface area contributed by atoms with Gasteiger partial charge < -0.3 is 21.5 Å². The van der Waals surface area contributed by atoms with Gasteiger partial charge in [0.05, 0.1) is 6.54 Å². The molecule has 1 aromatic heterocycles. The molecule has 0 saturated heterocycles. The van der Waals surface area contributed by atoms with E-state index in [0.29, 0.717) is 30.8 Å². The number of nitrogens with zero attached hydrogens (tertiary/aromatic N) is 3. The van der Waals surface area contributed by atoms with Crippen molar-refractivity contribution in [2.75, 3.05) is 24.1 Å².